The molecule has 3 heterocycles. The number of nitrogens with zero attached hydrogens (tertiary/aromatic N) is 4. The van der Waals surface area contributed by atoms with Crippen molar-refractivity contribution in [3.8, 4) is 17.1 Å². The molecular weight excluding hydrogens is 384 g/mol. The first-order valence-electron chi connectivity index (χ1n) is 9.85. The van der Waals surface area contributed by atoms with Gasteiger partial charge in [0.15, 0.2) is 11.5 Å². The van der Waals surface area contributed by atoms with E-state index in [4.69, 9.17) is 9.26 Å². The minimum Gasteiger partial charge on any atom is -0.493 e. The fourth-order valence-corrected chi connectivity index (χ4v) is 3.40. The summed E-state index contributed by atoms with van der Waals surface area (Å²) in [6, 6.07) is 12.4. The average Bonchev–Trinajstić information content (AvgIpc) is 3.30. The Hall–Kier alpha value is -3.68. The third kappa shape index (κ3) is 4.03. The predicted octanol–water partition coefficient (Wildman–Crippen LogP) is 2.73. The molecule has 0 unspecified atom stereocenters. The SMILES string of the molecule is CCOc1ccccc1C(=O)N1CCN(C(=O)c2cc(-c3ccncc3)on2)CC1. The minimum atomic E-state index is -0.208. The summed E-state index contributed by atoms with van der Waals surface area (Å²) in [5.74, 6) is 0.797. The van der Waals surface area contributed by atoms with Gasteiger partial charge in [-0.25, -0.2) is 0 Å². The lowest BCUT2D eigenvalue weighted by Gasteiger charge is -2.34. The van der Waals surface area contributed by atoms with Gasteiger partial charge in [-0.2, -0.15) is 0 Å². The van der Waals surface area contributed by atoms with Gasteiger partial charge in [0.25, 0.3) is 11.8 Å². The van der Waals surface area contributed by atoms with Crippen LogP contribution in [0.15, 0.2) is 59.4 Å². The molecule has 2 aromatic heterocycles. The predicted molar refractivity (Wildman–Crippen MR) is 109 cm³/mol. The van der Waals surface area contributed by atoms with Crippen molar-refractivity contribution in [2.75, 3.05) is 32.8 Å². The highest BCUT2D eigenvalue weighted by molar-refractivity contribution is 5.97. The molecular formula is C22H22N4O4. The molecule has 2 amide bonds. The normalized spacial score (nSPS) is 13.9. The molecule has 3 aromatic rings. The number of benzene rings is 1. The maximum atomic E-state index is 12.9. The van der Waals surface area contributed by atoms with Crippen molar-refractivity contribution in [2.24, 2.45) is 0 Å². The Morgan fingerprint density at radius 1 is 1.00 bits per heavy atom. The zero-order chi connectivity index (χ0) is 20.9. The number of rotatable bonds is 5. The molecule has 4 rings (SSSR count). The van der Waals surface area contributed by atoms with Crippen LogP contribution in [-0.2, 0) is 0 Å². The van der Waals surface area contributed by atoms with Gasteiger partial charge < -0.3 is 19.1 Å². The van der Waals surface area contributed by atoms with Crippen molar-refractivity contribution in [1.29, 1.82) is 0 Å². The fourth-order valence-electron chi connectivity index (χ4n) is 3.40. The number of hydrogen-bond acceptors (Lipinski definition) is 6. The quantitative estimate of drug-likeness (QED) is 0.647. The number of piperazine rings is 1. The summed E-state index contributed by atoms with van der Waals surface area (Å²) in [5.41, 5.74) is 1.60. The molecule has 1 aromatic carbocycles. The van der Waals surface area contributed by atoms with Gasteiger partial charge in [0.05, 0.1) is 12.2 Å². The lowest BCUT2D eigenvalue weighted by molar-refractivity contribution is 0.0527. The Morgan fingerprint density at radius 2 is 1.67 bits per heavy atom. The Kier molecular flexibility index (Phi) is 5.74. The van der Waals surface area contributed by atoms with Gasteiger partial charge in [-0.1, -0.05) is 17.3 Å². The molecule has 30 heavy (non-hydrogen) atoms. The van der Waals surface area contributed by atoms with Crippen molar-refractivity contribution >= 4 is 11.8 Å². The van der Waals surface area contributed by atoms with E-state index in [9.17, 15) is 9.59 Å². The third-order valence-corrected chi connectivity index (χ3v) is 4.97. The highest BCUT2D eigenvalue weighted by Gasteiger charge is 2.28. The summed E-state index contributed by atoms with van der Waals surface area (Å²) < 4.78 is 10.9. The lowest BCUT2D eigenvalue weighted by atomic mass is 10.1. The number of amides is 2. The molecule has 8 nitrogen and oxygen atoms in total. The Morgan fingerprint density at radius 3 is 2.37 bits per heavy atom. The van der Waals surface area contributed by atoms with Crippen molar-refractivity contribution in [3.63, 3.8) is 0 Å². The molecule has 0 spiro atoms. The summed E-state index contributed by atoms with van der Waals surface area (Å²) in [4.78, 5) is 33.1. The average molecular weight is 406 g/mol. The van der Waals surface area contributed by atoms with Crippen LogP contribution < -0.4 is 4.74 Å². The van der Waals surface area contributed by atoms with Gasteiger partial charge in [-0.15, -0.1) is 0 Å². The number of carbonyl (C=O) groups is 2. The van der Waals surface area contributed by atoms with Crippen LogP contribution in [-0.4, -0.2) is 64.5 Å². The van der Waals surface area contributed by atoms with E-state index < -0.39 is 0 Å². The molecule has 1 fully saturated rings. The topological polar surface area (TPSA) is 88.8 Å². The van der Waals surface area contributed by atoms with Crippen molar-refractivity contribution in [1.82, 2.24) is 19.9 Å². The second-order valence-corrected chi connectivity index (χ2v) is 6.83. The van der Waals surface area contributed by atoms with Gasteiger partial charge in [-0.3, -0.25) is 14.6 Å². The molecule has 1 aliphatic heterocycles. The summed E-state index contributed by atoms with van der Waals surface area (Å²) >= 11 is 0. The summed E-state index contributed by atoms with van der Waals surface area (Å²) in [7, 11) is 0. The van der Waals surface area contributed by atoms with Gasteiger partial charge in [-0.05, 0) is 31.2 Å². The van der Waals surface area contributed by atoms with Crippen molar-refractivity contribution in [2.45, 2.75) is 6.92 Å². The minimum absolute atomic E-state index is 0.0902. The van der Waals surface area contributed by atoms with Crippen LogP contribution in [0.4, 0.5) is 0 Å². The molecule has 0 bridgehead atoms. The number of para-hydroxylation sites is 1. The fraction of sp³-hybridized carbons (Fsp3) is 0.273. The number of hydrogen-bond donors (Lipinski definition) is 0. The highest BCUT2D eigenvalue weighted by atomic mass is 16.5. The first-order valence-corrected chi connectivity index (χ1v) is 9.85. The molecule has 1 aliphatic rings. The number of aromatic nitrogens is 2. The van der Waals surface area contributed by atoms with Crippen LogP contribution in [0.5, 0.6) is 5.75 Å². The van der Waals surface area contributed by atoms with E-state index in [0.29, 0.717) is 49.9 Å². The first kappa shape index (κ1) is 19.6. The Bertz CT molecular complexity index is 1030. The third-order valence-electron chi connectivity index (χ3n) is 4.97. The Balaban J connectivity index is 1.39. The summed E-state index contributed by atoms with van der Waals surface area (Å²) in [5, 5.41) is 3.92. The monoisotopic (exact) mass is 406 g/mol. The van der Waals surface area contributed by atoms with Crippen LogP contribution >= 0.6 is 0 Å². The van der Waals surface area contributed by atoms with E-state index >= 15 is 0 Å². The van der Waals surface area contributed by atoms with Gasteiger partial charge in [0, 0.05) is 50.2 Å². The maximum Gasteiger partial charge on any atom is 0.276 e. The highest BCUT2D eigenvalue weighted by Crippen LogP contribution is 2.22. The van der Waals surface area contributed by atoms with Crippen LogP contribution in [0, 0.1) is 0 Å². The molecule has 0 saturated carbocycles. The number of ether oxygens (including phenoxy) is 1. The van der Waals surface area contributed by atoms with Crippen LogP contribution in [0.1, 0.15) is 27.8 Å². The van der Waals surface area contributed by atoms with Crippen LogP contribution in [0.25, 0.3) is 11.3 Å². The lowest BCUT2D eigenvalue weighted by Crippen LogP contribution is -2.50. The zero-order valence-electron chi connectivity index (χ0n) is 16.7. The largest absolute Gasteiger partial charge is 0.493 e. The number of pyridine rings is 1. The maximum absolute atomic E-state index is 12.9. The van der Waals surface area contributed by atoms with Crippen LogP contribution in [0.3, 0.4) is 0 Å². The smallest absolute Gasteiger partial charge is 0.276 e. The van der Waals surface area contributed by atoms with Gasteiger partial charge in [0.1, 0.15) is 5.75 Å². The van der Waals surface area contributed by atoms with E-state index in [1.807, 2.05) is 19.1 Å². The first-order chi connectivity index (χ1) is 14.7. The van der Waals surface area contributed by atoms with E-state index in [1.54, 1.807) is 52.5 Å². The summed E-state index contributed by atoms with van der Waals surface area (Å²) in [6.07, 6.45) is 3.30. The van der Waals surface area contributed by atoms with Gasteiger partial charge in [0.2, 0.25) is 0 Å². The van der Waals surface area contributed by atoms with Crippen LogP contribution in [0.2, 0.25) is 0 Å². The van der Waals surface area contributed by atoms with Gasteiger partial charge >= 0.3 is 0 Å². The van der Waals surface area contributed by atoms with Crippen molar-refractivity contribution in [3.05, 3.63) is 66.1 Å². The van der Waals surface area contributed by atoms with E-state index in [0.717, 1.165) is 5.56 Å². The standard InChI is InChI=1S/C22H22N4O4/c1-2-29-19-6-4-3-5-17(19)21(27)25-11-13-26(14-12-25)22(28)18-15-20(30-24-18)16-7-9-23-10-8-16/h3-10,15H,2,11-14H2,1H3. The number of carbonyl (C=O) groups excluding carboxylic acids is 2. The van der Waals surface area contributed by atoms with Crippen molar-refractivity contribution < 1.29 is 18.8 Å². The molecule has 0 atom stereocenters. The molecule has 0 N–H and O–H groups in total. The second kappa shape index (κ2) is 8.77. The molecule has 154 valence electrons. The summed E-state index contributed by atoms with van der Waals surface area (Å²) in [6.45, 7) is 4.12. The zero-order valence-corrected chi connectivity index (χ0v) is 16.7. The van der Waals surface area contributed by atoms with E-state index in [1.165, 1.54) is 0 Å². The molecule has 1 saturated heterocycles. The molecule has 0 radical (unpaired) electrons. The molecule has 8 heteroatoms. The van der Waals surface area contributed by atoms with E-state index in [2.05, 4.69) is 10.1 Å². The van der Waals surface area contributed by atoms with E-state index in [-0.39, 0.29) is 17.5 Å². The molecule has 0 aliphatic carbocycles. The second-order valence-electron chi connectivity index (χ2n) is 6.83. The Labute approximate surface area is 174 Å².